The lowest BCUT2D eigenvalue weighted by Gasteiger charge is -2.30. The molecule has 0 spiro atoms. The summed E-state index contributed by atoms with van der Waals surface area (Å²) in [5, 5.41) is 8.12. The Kier molecular flexibility index (Phi) is 7.66. The number of ether oxygens (including phenoxy) is 1. The van der Waals surface area contributed by atoms with Gasteiger partial charge in [0.25, 0.3) is 0 Å². The topological polar surface area (TPSA) is 89.4 Å². The molecule has 1 aromatic carbocycles. The summed E-state index contributed by atoms with van der Waals surface area (Å²) in [6.45, 7) is 6.65. The number of hydrogen-bond donors (Lipinski definition) is 1. The van der Waals surface area contributed by atoms with E-state index in [0.29, 0.717) is 25.3 Å². The van der Waals surface area contributed by atoms with Gasteiger partial charge in [0.15, 0.2) is 11.6 Å². The van der Waals surface area contributed by atoms with Gasteiger partial charge in [-0.15, -0.1) is 5.10 Å². The molecule has 2 heterocycles. The summed E-state index contributed by atoms with van der Waals surface area (Å²) in [4.78, 5) is 2.24. The van der Waals surface area contributed by atoms with Gasteiger partial charge in [-0.05, 0) is 43.5 Å². The highest BCUT2D eigenvalue weighted by Crippen LogP contribution is 2.29. The zero-order valence-corrected chi connectivity index (χ0v) is 20.6. The molecule has 0 atom stereocenters. The molecule has 2 aromatic rings. The van der Waals surface area contributed by atoms with Crippen LogP contribution in [-0.2, 0) is 14.8 Å². The first-order chi connectivity index (χ1) is 16.8. The first-order valence-electron chi connectivity index (χ1n) is 11.7. The molecule has 1 saturated heterocycles. The summed E-state index contributed by atoms with van der Waals surface area (Å²) < 4.78 is 62.7. The van der Waals surface area contributed by atoms with Crippen molar-refractivity contribution in [1.82, 2.24) is 19.9 Å². The molecule has 1 fully saturated rings. The van der Waals surface area contributed by atoms with E-state index in [-0.39, 0.29) is 11.4 Å². The summed E-state index contributed by atoms with van der Waals surface area (Å²) in [6, 6.07) is 2.06. The van der Waals surface area contributed by atoms with Gasteiger partial charge in [-0.1, -0.05) is 30.7 Å². The number of halogens is 2. The molecule has 0 unspecified atom stereocenters. The van der Waals surface area contributed by atoms with Crippen LogP contribution < -0.4 is 4.72 Å². The zero-order chi connectivity index (χ0) is 25.0. The van der Waals surface area contributed by atoms with Crippen molar-refractivity contribution in [1.29, 1.82) is 0 Å². The molecule has 0 radical (unpaired) electrons. The van der Waals surface area contributed by atoms with Crippen LogP contribution in [0, 0.1) is 11.6 Å². The maximum absolute atomic E-state index is 15.2. The number of nitrogens with one attached hydrogen (secondary N) is 1. The van der Waals surface area contributed by atoms with E-state index < -0.39 is 27.3 Å². The summed E-state index contributed by atoms with van der Waals surface area (Å²) in [5.74, 6) is -2.12. The summed E-state index contributed by atoms with van der Waals surface area (Å²) in [5.41, 5.74) is 2.70. The number of sulfonamides is 1. The quantitative estimate of drug-likeness (QED) is 0.583. The number of benzene rings is 1. The first-order valence-corrected chi connectivity index (χ1v) is 13.3. The van der Waals surface area contributed by atoms with E-state index in [1.54, 1.807) is 6.92 Å². The molecule has 0 bridgehead atoms. The lowest BCUT2D eigenvalue weighted by atomic mass is 10.1. The molecule has 1 N–H and O–H groups in total. The summed E-state index contributed by atoms with van der Waals surface area (Å²) in [7, 11) is -3.75. The van der Waals surface area contributed by atoms with Crippen LogP contribution in [-0.4, -0.2) is 60.4 Å². The van der Waals surface area contributed by atoms with Gasteiger partial charge in [0.05, 0.1) is 30.9 Å². The van der Waals surface area contributed by atoms with Crippen molar-refractivity contribution in [3.8, 4) is 5.69 Å². The second-order valence-electron chi connectivity index (χ2n) is 8.42. The Bertz CT molecular complexity index is 1280. The summed E-state index contributed by atoms with van der Waals surface area (Å²) in [6.07, 6.45) is 9.63. The minimum absolute atomic E-state index is 0.174. The van der Waals surface area contributed by atoms with Crippen LogP contribution in [0.5, 0.6) is 0 Å². The Morgan fingerprint density at radius 2 is 1.91 bits per heavy atom. The Hall–Kier alpha value is -3.05. The fourth-order valence-corrected chi connectivity index (χ4v) is 5.15. The van der Waals surface area contributed by atoms with Gasteiger partial charge in [0, 0.05) is 24.4 Å². The molecular formula is C24H29F2N5O3S. The lowest BCUT2D eigenvalue weighted by Crippen LogP contribution is -2.35. The zero-order valence-electron chi connectivity index (χ0n) is 19.8. The largest absolute Gasteiger partial charge is 0.378 e. The first kappa shape index (κ1) is 25.1. The van der Waals surface area contributed by atoms with E-state index in [9.17, 15) is 12.8 Å². The van der Waals surface area contributed by atoms with Gasteiger partial charge in [0.2, 0.25) is 10.0 Å². The number of aromatic nitrogens is 3. The Morgan fingerprint density at radius 3 is 2.63 bits per heavy atom. The van der Waals surface area contributed by atoms with Gasteiger partial charge in [-0.25, -0.2) is 21.9 Å². The predicted octanol–water partition coefficient (Wildman–Crippen LogP) is 4.04. The molecule has 35 heavy (non-hydrogen) atoms. The van der Waals surface area contributed by atoms with Crippen molar-refractivity contribution in [2.45, 2.75) is 33.1 Å². The molecule has 11 heteroatoms. The molecule has 0 amide bonds. The maximum Gasteiger partial charge on any atom is 0.232 e. The molecular weight excluding hydrogens is 476 g/mol. The third-order valence-electron chi connectivity index (χ3n) is 5.89. The number of morpholine rings is 1. The van der Waals surface area contributed by atoms with Crippen LogP contribution in [0.4, 0.5) is 14.5 Å². The van der Waals surface area contributed by atoms with Crippen molar-refractivity contribution in [2.75, 3.05) is 36.8 Å². The molecule has 2 aliphatic rings. The fourth-order valence-electron chi connectivity index (χ4n) is 4.02. The van der Waals surface area contributed by atoms with E-state index >= 15 is 4.39 Å². The van der Waals surface area contributed by atoms with E-state index in [4.69, 9.17) is 4.74 Å². The Labute approximate surface area is 204 Å². The van der Waals surface area contributed by atoms with Crippen molar-refractivity contribution in [2.24, 2.45) is 0 Å². The molecule has 4 rings (SSSR count). The third kappa shape index (κ3) is 5.79. The van der Waals surface area contributed by atoms with Gasteiger partial charge >= 0.3 is 0 Å². The van der Waals surface area contributed by atoms with Crippen molar-refractivity contribution < 1.29 is 21.9 Å². The molecule has 188 valence electrons. The average molecular weight is 506 g/mol. The van der Waals surface area contributed by atoms with Crippen molar-refractivity contribution in [3.05, 3.63) is 65.2 Å². The van der Waals surface area contributed by atoms with Crippen molar-refractivity contribution >= 4 is 21.3 Å². The highest BCUT2D eigenvalue weighted by Gasteiger charge is 2.22. The van der Waals surface area contributed by atoms with E-state index in [0.717, 1.165) is 54.0 Å². The highest BCUT2D eigenvalue weighted by molar-refractivity contribution is 7.92. The number of allylic oxidation sites excluding steroid dienone is 5. The Morgan fingerprint density at radius 1 is 1.14 bits per heavy atom. The number of hydrogen-bond acceptors (Lipinski definition) is 6. The van der Waals surface area contributed by atoms with Crippen LogP contribution >= 0.6 is 0 Å². The van der Waals surface area contributed by atoms with Crippen LogP contribution in [0.25, 0.3) is 11.3 Å². The minimum atomic E-state index is -3.75. The number of anilines is 1. The van der Waals surface area contributed by atoms with Gasteiger partial charge < -0.3 is 9.64 Å². The second kappa shape index (κ2) is 10.7. The highest BCUT2D eigenvalue weighted by atomic mass is 32.2. The smallest absolute Gasteiger partial charge is 0.232 e. The van der Waals surface area contributed by atoms with Crippen LogP contribution in [0.3, 0.4) is 0 Å². The minimum Gasteiger partial charge on any atom is -0.378 e. The number of nitrogens with zero attached hydrogens (tertiary/aromatic N) is 4. The van der Waals surface area contributed by atoms with E-state index in [2.05, 4.69) is 32.9 Å². The molecule has 8 nitrogen and oxygen atoms in total. The van der Waals surface area contributed by atoms with Crippen LogP contribution in [0.1, 0.15) is 38.8 Å². The monoisotopic (exact) mass is 505 g/mol. The van der Waals surface area contributed by atoms with Crippen LogP contribution in [0.2, 0.25) is 0 Å². The molecule has 1 aliphatic heterocycles. The third-order valence-corrected chi connectivity index (χ3v) is 7.37. The fraction of sp³-hybridized carbons (Fsp3) is 0.417. The SMILES string of the molecule is CCCS(=O)(=O)Nc1ccc(F)c(-n2cc(C3=CCC(CC)=CC(N4CCOCC4)=C3)nn2)c1F. The van der Waals surface area contributed by atoms with Gasteiger partial charge in [-0.3, -0.25) is 4.72 Å². The summed E-state index contributed by atoms with van der Waals surface area (Å²) >= 11 is 0. The van der Waals surface area contributed by atoms with E-state index in [1.165, 1.54) is 11.8 Å². The lowest BCUT2D eigenvalue weighted by molar-refractivity contribution is 0.0554. The van der Waals surface area contributed by atoms with Gasteiger partial charge in [0.1, 0.15) is 11.4 Å². The van der Waals surface area contributed by atoms with Crippen molar-refractivity contribution in [3.63, 3.8) is 0 Å². The van der Waals surface area contributed by atoms with Gasteiger partial charge in [-0.2, -0.15) is 0 Å². The molecule has 1 aliphatic carbocycles. The molecule has 1 aromatic heterocycles. The maximum atomic E-state index is 15.2. The van der Waals surface area contributed by atoms with E-state index in [1.807, 2.05) is 12.2 Å². The predicted molar refractivity (Wildman–Crippen MR) is 130 cm³/mol. The molecule has 0 saturated carbocycles. The second-order valence-corrected chi connectivity index (χ2v) is 10.3. The Balaban J connectivity index is 1.67. The van der Waals surface area contributed by atoms with Crippen LogP contribution in [0.15, 0.2) is 47.8 Å². The average Bonchev–Trinajstić information content (AvgIpc) is 3.21. The normalized spacial score (nSPS) is 16.9. The standard InChI is InChI=1S/C24H29F2N5O3S/c1-3-13-35(32,33)28-21-8-7-20(25)24(23(21)26)31-16-22(27-29-31)18-6-5-17(4-2)14-19(15-18)30-9-11-34-12-10-30/h6-8,14-16,28H,3-5,9-13H2,1-2H3. The number of rotatable bonds is 8.